The Bertz CT molecular complexity index is 936. The molecule has 0 unspecified atom stereocenters. The maximum absolute atomic E-state index is 13.5. The van der Waals surface area contributed by atoms with Crippen molar-refractivity contribution in [3.63, 3.8) is 0 Å². The van der Waals surface area contributed by atoms with E-state index < -0.39 is 17.8 Å². The molecule has 0 aliphatic heterocycles. The number of carbonyl (C=O) groups is 1. The normalized spacial score (nSPS) is 11.4. The van der Waals surface area contributed by atoms with Crippen LogP contribution < -0.4 is 5.32 Å². The van der Waals surface area contributed by atoms with Crippen molar-refractivity contribution in [1.29, 1.82) is 0 Å². The molecule has 0 fully saturated rings. The van der Waals surface area contributed by atoms with Crippen LogP contribution in [0.2, 0.25) is 0 Å². The highest BCUT2D eigenvalue weighted by atomic mass is 32.1. The molecule has 6 nitrogen and oxygen atoms in total. The maximum atomic E-state index is 13.5. The van der Waals surface area contributed by atoms with Gasteiger partial charge in [-0.1, -0.05) is 0 Å². The molecule has 0 radical (unpaired) electrons. The van der Waals surface area contributed by atoms with Crippen molar-refractivity contribution in [2.75, 3.05) is 12.4 Å². The first-order valence-corrected chi connectivity index (χ1v) is 8.70. The van der Waals surface area contributed by atoms with Gasteiger partial charge in [-0.25, -0.2) is 14.5 Å². The highest BCUT2D eigenvalue weighted by Gasteiger charge is 2.34. The average Bonchev–Trinajstić information content (AvgIpc) is 3.26. The SMILES string of the molecule is Cc1ncc(CN(C)C(=O)Nc2ccc(-n3cccn3)cc2C(F)(F)F)s1. The molecule has 0 atom stereocenters. The molecule has 0 spiro atoms. The number of alkyl halides is 3. The first kappa shape index (κ1) is 18.9. The van der Waals surface area contributed by atoms with Crippen LogP contribution >= 0.6 is 11.3 Å². The highest BCUT2D eigenvalue weighted by Crippen LogP contribution is 2.36. The zero-order valence-corrected chi connectivity index (χ0v) is 15.3. The van der Waals surface area contributed by atoms with Gasteiger partial charge in [0.1, 0.15) is 0 Å². The number of aryl methyl sites for hydroxylation is 1. The second kappa shape index (κ2) is 7.39. The number of hydrogen-bond acceptors (Lipinski definition) is 4. The van der Waals surface area contributed by atoms with E-state index in [9.17, 15) is 18.0 Å². The number of hydrogen-bond donors (Lipinski definition) is 1. The Kier molecular flexibility index (Phi) is 5.17. The van der Waals surface area contributed by atoms with E-state index >= 15 is 0 Å². The highest BCUT2D eigenvalue weighted by molar-refractivity contribution is 7.11. The predicted molar refractivity (Wildman–Crippen MR) is 95.9 cm³/mol. The second-order valence-electron chi connectivity index (χ2n) is 5.81. The van der Waals surface area contributed by atoms with Crippen LogP contribution in [0.3, 0.4) is 0 Å². The molecule has 2 amide bonds. The van der Waals surface area contributed by atoms with Gasteiger partial charge in [-0.05, 0) is 31.2 Å². The minimum atomic E-state index is -4.63. The summed E-state index contributed by atoms with van der Waals surface area (Å²) in [6, 6.07) is 4.61. The van der Waals surface area contributed by atoms with Crippen LogP contribution in [0.1, 0.15) is 15.4 Å². The Hall–Kier alpha value is -2.88. The van der Waals surface area contributed by atoms with Gasteiger partial charge < -0.3 is 10.2 Å². The molecule has 3 rings (SSSR count). The van der Waals surface area contributed by atoms with Crippen LogP contribution in [0.15, 0.2) is 42.9 Å². The summed E-state index contributed by atoms with van der Waals surface area (Å²) in [4.78, 5) is 18.6. The monoisotopic (exact) mass is 395 g/mol. The quantitative estimate of drug-likeness (QED) is 0.716. The van der Waals surface area contributed by atoms with Crippen molar-refractivity contribution in [2.45, 2.75) is 19.6 Å². The van der Waals surface area contributed by atoms with Gasteiger partial charge in [-0.15, -0.1) is 11.3 Å². The molecule has 10 heteroatoms. The number of benzene rings is 1. The molecule has 0 saturated heterocycles. The lowest BCUT2D eigenvalue weighted by Gasteiger charge is -2.20. The summed E-state index contributed by atoms with van der Waals surface area (Å²) in [6.07, 6.45) is 0.0283. The van der Waals surface area contributed by atoms with E-state index in [1.807, 2.05) is 6.92 Å². The number of anilines is 1. The Labute approximate surface area is 157 Å². The fourth-order valence-electron chi connectivity index (χ4n) is 2.43. The standard InChI is InChI=1S/C17H16F3N5OS/c1-11-21-9-13(27-11)10-24(2)16(26)23-15-5-4-12(25-7-3-6-22-25)8-14(15)17(18,19)20/h3-9H,10H2,1-2H3,(H,23,26). The number of carbonyl (C=O) groups excluding carboxylic acids is 1. The molecule has 0 bridgehead atoms. The van der Waals surface area contributed by atoms with Gasteiger partial charge >= 0.3 is 12.2 Å². The molecule has 3 aromatic rings. The van der Waals surface area contributed by atoms with Gasteiger partial charge in [0.25, 0.3) is 0 Å². The van der Waals surface area contributed by atoms with E-state index in [4.69, 9.17) is 0 Å². The van der Waals surface area contributed by atoms with Gasteiger partial charge in [-0.3, -0.25) is 0 Å². The smallest absolute Gasteiger partial charge is 0.322 e. The van der Waals surface area contributed by atoms with Crippen LogP contribution in [0.4, 0.5) is 23.7 Å². The Morgan fingerprint density at radius 2 is 2.15 bits per heavy atom. The van der Waals surface area contributed by atoms with Crippen LogP contribution in [-0.4, -0.2) is 32.7 Å². The van der Waals surface area contributed by atoms with Crippen LogP contribution in [0.25, 0.3) is 5.69 Å². The summed E-state index contributed by atoms with van der Waals surface area (Å²) < 4.78 is 41.7. The summed E-state index contributed by atoms with van der Waals surface area (Å²) in [5.74, 6) is 0. The molecule has 0 saturated carbocycles. The number of nitrogens with one attached hydrogen (secondary N) is 1. The van der Waals surface area contributed by atoms with E-state index in [1.54, 1.807) is 18.5 Å². The lowest BCUT2D eigenvalue weighted by molar-refractivity contribution is -0.136. The Balaban J connectivity index is 1.81. The first-order valence-electron chi connectivity index (χ1n) is 7.89. The van der Waals surface area contributed by atoms with Crippen molar-refractivity contribution in [2.24, 2.45) is 0 Å². The molecular formula is C17H16F3N5OS. The number of amides is 2. The number of thiazole rings is 1. The van der Waals surface area contributed by atoms with E-state index in [0.29, 0.717) is 0 Å². The van der Waals surface area contributed by atoms with Gasteiger partial charge in [0.15, 0.2) is 0 Å². The lowest BCUT2D eigenvalue weighted by Crippen LogP contribution is -2.31. The van der Waals surface area contributed by atoms with E-state index in [2.05, 4.69) is 15.4 Å². The Morgan fingerprint density at radius 3 is 2.74 bits per heavy atom. The van der Waals surface area contributed by atoms with Gasteiger partial charge in [0.2, 0.25) is 0 Å². The van der Waals surface area contributed by atoms with Crippen molar-refractivity contribution in [3.8, 4) is 5.69 Å². The molecule has 0 aliphatic carbocycles. The molecule has 1 N–H and O–H groups in total. The van der Waals surface area contributed by atoms with Crippen molar-refractivity contribution in [1.82, 2.24) is 19.7 Å². The van der Waals surface area contributed by atoms with E-state index in [0.717, 1.165) is 16.0 Å². The third kappa shape index (κ3) is 4.45. The minimum Gasteiger partial charge on any atom is -0.322 e. The van der Waals surface area contributed by atoms with E-state index in [-0.39, 0.29) is 17.9 Å². The molecule has 27 heavy (non-hydrogen) atoms. The summed E-state index contributed by atoms with van der Waals surface area (Å²) in [6.45, 7) is 2.09. The lowest BCUT2D eigenvalue weighted by atomic mass is 10.1. The number of nitrogens with zero attached hydrogens (tertiary/aromatic N) is 4. The molecule has 1 aromatic carbocycles. The number of rotatable bonds is 4. The second-order valence-corrected chi connectivity index (χ2v) is 7.13. The molecule has 2 heterocycles. The van der Waals surface area contributed by atoms with Crippen molar-refractivity contribution < 1.29 is 18.0 Å². The zero-order valence-electron chi connectivity index (χ0n) is 14.5. The van der Waals surface area contributed by atoms with Gasteiger partial charge in [0, 0.05) is 30.5 Å². The molecule has 2 aromatic heterocycles. The van der Waals surface area contributed by atoms with Gasteiger partial charge in [-0.2, -0.15) is 18.3 Å². The molecular weight excluding hydrogens is 379 g/mol. The average molecular weight is 395 g/mol. The zero-order chi connectivity index (χ0) is 19.6. The van der Waals surface area contributed by atoms with Crippen LogP contribution in [-0.2, 0) is 12.7 Å². The van der Waals surface area contributed by atoms with Crippen molar-refractivity contribution in [3.05, 3.63) is 58.3 Å². The molecule has 142 valence electrons. The Morgan fingerprint density at radius 1 is 1.37 bits per heavy atom. The minimum absolute atomic E-state index is 0.249. The summed E-state index contributed by atoms with van der Waals surface area (Å²) in [7, 11) is 1.51. The summed E-state index contributed by atoms with van der Waals surface area (Å²) in [5, 5.41) is 7.12. The topological polar surface area (TPSA) is 63.1 Å². The van der Waals surface area contributed by atoms with Crippen molar-refractivity contribution >= 4 is 23.1 Å². The van der Waals surface area contributed by atoms with Gasteiger partial charge in [0.05, 0.1) is 28.5 Å². The third-order valence-electron chi connectivity index (χ3n) is 3.73. The summed E-state index contributed by atoms with van der Waals surface area (Å²) >= 11 is 1.43. The maximum Gasteiger partial charge on any atom is 0.418 e. The van der Waals surface area contributed by atoms with E-state index in [1.165, 1.54) is 46.3 Å². The summed E-state index contributed by atoms with van der Waals surface area (Å²) in [5.41, 5.74) is -1.000. The molecule has 0 aliphatic rings. The third-order valence-corrected chi connectivity index (χ3v) is 4.63. The number of halogens is 3. The van der Waals surface area contributed by atoms with Crippen LogP contribution in [0, 0.1) is 6.92 Å². The number of urea groups is 1. The fraction of sp³-hybridized carbons (Fsp3) is 0.235. The number of aromatic nitrogens is 3. The largest absolute Gasteiger partial charge is 0.418 e. The fourth-order valence-corrected chi connectivity index (χ4v) is 3.28. The predicted octanol–water partition coefficient (Wildman–Crippen LogP) is 4.32. The first-order chi connectivity index (χ1) is 12.7. The van der Waals surface area contributed by atoms with Crippen LogP contribution in [0.5, 0.6) is 0 Å².